The molecule has 0 unspecified atom stereocenters. The first-order valence-electron chi connectivity index (χ1n) is 3.07. The zero-order valence-electron chi connectivity index (χ0n) is 5.72. The fraction of sp³-hybridized carbons (Fsp3) is 0.286. The molecule has 1 aromatic rings. The summed E-state index contributed by atoms with van der Waals surface area (Å²) < 4.78 is 0. The number of nitrogens with zero attached hydrogens (tertiary/aromatic N) is 1. The number of aromatic hydroxyl groups is 1. The highest BCUT2D eigenvalue weighted by atomic mass is 35.5. The van der Waals surface area contributed by atoms with Crippen LogP contribution in [-0.4, -0.2) is 10.1 Å². The van der Waals surface area contributed by atoms with Crippen molar-refractivity contribution in [3.8, 4) is 5.75 Å². The highest BCUT2D eigenvalue weighted by molar-refractivity contribution is 6.18. The van der Waals surface area contributed by atoms with Gasteiger partial charge in [0, 0.05) is 11.8 Å². The summed E-state index contributed by atoms with van der Waals surface area (Å²) in [5, 5.41) is 9.24. The number of rotatable bonds is 2. The lowest BCUT2D eigenvalue weighted by Crippen LogP contribution is -1.92. The van der Waals surface area contributed by atoms with Crippen LogP contribution in [0, 0.1) is 0 Å². The molecule has 4 heteroatoms. The molecule has 0 amide bonds. The Hall–Kier alpha value is -0.470. The van der Waals surface area contributed by atoms with E-state index in [0.717, 1.165) is 0 Å². The fourth-order valence-electron chi connectivity index (χ4n) is 0.785. The molecule has 1 aromatic heterocycles. The molecular weight excluding hydrogens is 185 g/mol. The quantitative estimate of drug-likeness (QED) is 0.729. The van der Waals surface area contributed by atoms with Crippen LogP contribution in [0.3, 0.4) is 0 Å². The zero-order chi connectivity index (χ0) is 8.27. The molecule has 0 aromatic carbocycles. The monoisotopic (exact) mass is 191 g/mol. The molecule has 0 aliphatic rings. The van der Waals surface area contributed by atoms with Gasteiger partial charge in [0.1, 0.15) is 5.75 Å². The third-order valence-corrected chi connectivity index (χ3v) is 1.90. The Kier molecular flexibility index (Phi) is 2.97. The Balaban J connectivity index is 3.13. The molecule has 0 aliphatic heterocycles. The van der Waals surface area contributed by atoms with Crippen molar-refractivity contribution in [3.63, 3.8) is 0 Å². The van der Waals surface area contributed by atoms with Gasteiger partial charge < -0.3 is 5.11 Å². The first-order valence-corrected chi connectivity index (χ1v) is 4.14. The fourth-order valence-corrected chi connectivity index (χ4v) is 1.31. The lowest BCUT2D eigenvalue weighted by atomic mass is 10.2. The van der Waals surface area contributed by atoms with E-state index in [2.05, 4.69) is 4.98 Å². The minimum absolute atomic E-state index is 0.158. The molecule has 0 spiro atoms. The Labute approximate surface area is 74.8 Å². The highest BCUT2D eigenvalue weighted by Crippen LogP contribution is 2.21. The molecule has 0 atom stereocenters. The van der Waals surface area contributed by atoms with Gasteiger partial charge in [0.25, 0.3) is 0 Å². The van der Waals surface area contributed by atoms with Crippen molar-refractivity contribution in [1.82, 2.24) is 4.98 Å². The Bertz CT molecular complexity index is 252. The van der Waals surface area contributed by atoms with E-state index in [1.807, 2.05) is 0 Å². The van der Waals surface area contributed by atoms with Gasteiger partial charge in [-0.15, -0.1) is 23.2 Å². The van der Waals surface area contributed by atoms with Crippen LogP contribution in [0.4, 0.5) is 0 Å². The summed E-state index contributed by atoms with van der Waals surface area (Å²) in [4.78, 5) is 3.95. The molecule has 60 valence electrons. The second-order valence-electron chi connectivity index (χ2n) is 2.02. The maximum absolute atomic E-state index is 9.24. The van der Waals surface area contributed by atoms with Crippen molar-refractivity contribution in [1.29, 1.82) is 0 Å². The van der Waals surface area contributed by atoms with Crippen molar-refractivity contribution in [3.05, 3.63) is 23.5 Å². The molecule has 0 saturated heterocycles. The van der Waals surface area contributed by atoms with Crippen molar-refractivity contribution < 1.29 is 5.11 Å². The predicted molar refractivity (Wildman–Crippen MR) is 45.0 cm³/mol. The van der Waals surface area contributed by atoms with E-state index in [9.17, 15) is 5.11 Å². The highest BCUT2D eigenvalue weighted by Gasteiger charge is 2.05. The molecule has 11 heavy (non-hydrogen) atoms. The van der Waals surface area contributed by atoms with E-state index in [-0.39, 0.29) is 17.5 Å². The van der Waals surface area contributed by atoms with Gasteiger partial charge in [0.2, 0.25) is 0 Å². The summed E-state index contributed by atoms with van der Waals surface area (Å²) in [6, 6.07) is 1.49. The van der Waals surface area contributed by atoms with Gasteiger partial charge in [-0.2, -0.15) is 0 Å². The first kappa shape index (κ1) is 8.62. The third-order valence-electron chi connectivity index (χ3n) is 1.38. The number of hydrogen-bond donors (Lipinski definition) is 1. The Morgan fingerprint density at radius 2 is 2.09 bits per heavy atom. The van der Waals surface area contributed by atoms with E-state index in [4.69, 9.17) is 23.2 Å². The molecule has 0 radical (unpaired) electrons. The minimum atomic E-state index is 0.158. The average molecular weight is 192 g/mol. The average Bonchev–Trinajstić information content (AvgIpc) is 2.04. The number of halogens is 2. The summed E-state index contributed by atoms with van der Waals surface area (Å²) in [5.41, 5.74) is 1.26. The van der Waals surface area contributed by atoms with E-state index in [1.165, 1.54) is 12.3 Å². The summed E-state index contributed by atoms with van der Waals surface area (Å²) in [5.74, 6) is 0.670. The van der Waals surface area contributed by atoms with Crippen LogP contribution < -0.4 is 0 Å². The van der Waals surface area contributed by atoms with Crippen molar-refractivity contribution in [2.24, 2.45) is 0 Å². The van der Waals surface area contributed by atoms with Gasteiger partial charge in [-0.25, -0.2) is 0 Å². The van der Waals surface area contributed by atoms with Gasteiger partial charge in [-0.3, -0.25) is 4.98 Å². The molecule has 1 N–H and O–H groups in total. The number of hydrogen-bond acceptors (Lipinski definition) is 2. The minimum Gasteiger partial charge on any atom is -0.508 e. The van der Waals surface area contributed by atoms with Gasteiger partial charge in [0.15, 0.2) is 0 Å². The second-order valence-corrected chi connectivity index (χ2v) is 2.56. The molecule has 0 saturated carbocycles. The van der Waals surface area contributed by atoms with Gasteiger partial charge in [-0.05, 0) is 6.07 Å². The molecule has 0 aliphatic carbocycles. The smallest absolute Gasteiger partial charge is 0.123 e. The van der Waals surface area contributed by atoms with E-state index < -0.39 is 0 Å². The summed E-state index contributed by atoms with van der Waals surface area (Å²) >= 11 is 11.1. The van der Waals surface area contributed by atoms with Crippen LogP contribution in [0.2, 0.25) is 0 Å². The van der Waals surface area contributed by atoms with Crippen LogP contribution in [0.1, 0.15) is 11.3 Å². The molecular formula is C7H7Cl2NO. The SMILES string of the molecule is Oc1ccnc(CCl)c1CCl. The van der Waals surface area contributed by atoms with Crippen molar-refractivity contribution in [2.45, 2.75) is 11.8 Å². The van der Waals surface area contributed by atoms with Crippen LogP contribution in [-0.2, 0) is 11.8 Å². The summed E-state index contributed by atoms with van der Waals surface area (Å²) in [6.45, 7) is 0. The van der Waals surface area contributed by atoms with Gasteiger partial charge in [-0.1, -0.05) is 0 Å². The molecule has 0 bridgehead atoms. The summed E-state index contributed by atoms with van der Waals surface area (Å²) in [6.07, 6.45) is 1.50. The predicted octanol–water partition coefficient (Wildman–Crippen LogP) is 2.26. The summed E-state index contributed by atoms with van der Waals surface area (Å²) in [7, 11) is 0. The molecule has 1 heterocycles. The van der Waals surface area contributed by atoms with Gasteiger partial charge >= 0.3 is 0 Å². The molecule has 1 rings (SSSR count). The maximum Gasteiger partial charge on any atom is 0.123 e. The first-order chi connectivity index (χ1) is 5.29. The largest absolute Gasteiger partial charge is 0.508 e. The van der Waals surface area contributed by atoms with E-state index in [1.54, 1.807) is 0 Å². The lowest BCUT2D eigenvalue weighted by molar-refractivity contribution is 0.468. The van der Waals surface area contributed by atoms with Crippen LogP contribution in [0.25, 0.3) is 0 Å². The van der Waals surface area contributed by atoms with E-state index in [0.29, 0.717) is 11.3 Å². The number of aromatic nitrogens is 1. The Morgan fingerprint density at radius 1 is 1.36 bits per heavy atom. The van der Waals surface area contributed by atoms with Gasteiger partial charge in [0.05, 0.1) is 17.5 Å². The molecule has 2 nitrogen and oxygen atoms in total. The lowest BCUT2D eigenvalue weighted by Gasteiger charge is -2.03. The third kappa shape index (κ3) is 1.76. The normalized spacial score (nSPS) is 10.0. The standard InChI is InChI=1S/C7H7Cl2NO/c8-3-5-6(4-9)10-2-1-7(5)11/h1-2H,3-4H2,(H,10,11). The zero-order valence-corrected chi connectivity index (χ0v) is 7.23. The second kappa shape index (κ2) is 3.79. The van der Waals surface area contributed by atoms with Crippen molar-refractivity contribution in [2.75, 3.05) is 0 Å². The van der Waals surface area contributed by atoms with Crippen LogP contribution in [0.15, 0.2) is 12.3 Å². The number of pyridine rings is 1. The van der Waals surface area contributed by atoms with Crippen LogP contribution in [0.5, 0.6) is 5.75 Å². The Morgan fingerprint density at radius 3 is 2.55 bits per heavy atom. The van der Waals surface area contributed by atoms with E-state index >= 15 is 0 Å². The maximum atomic E-state index is 9.24. The topological polar surface area (TPSA) is 33.1 Å². The molecule has 0 fully saturated rings. The number of alkyl halides is 2. The van der Waals surface area contributed by atoms with Crippen molar-refractivity contribution >= 4 is 23.2 Å². The van der Waals surface area contributed by atoms with Crippen LogP contribution >= 0.6 is 23.2 Å².